The van der Waals surface area contributed by atoms with E-state index in [-0.39, 0.29) is 40.9 Å². The smallest absolute Gasteiger partial charge is 0.294 e. The number of hydrogen-bond donors (Lipinski definition) is 2. The summed E-state index contributed by atoms with van der Waals surface area (Å²) in [7, 11) is 1.61. The number of carbonyl (C=O) groups excluding carboxylic acids is 2. The summed E-state index contributed by atoms with van der Waals surface area (Å²) < 4.78 is 0. The van der Waals surface area contributed by atoms with Crippen LogP contribution in [0.5, 0.6) is 0 Å². The topological polar surface area (TPSA) is 105 Å². The number of nitrogens with one attached hydrogen (secondary N) is 2. The Balaban J connectivity index is 2.64. The van der Waals surface area contributed by atoms with E-state index >= 15 is 0 Å². The largest absolute Gasteiger partial charge is 0.350 e. The van der Waals surface area contributed by atoms with Gasteiger partial charge in [0.15, 0.2) is 0 Å². The fourth-order valence-electron chi connectivity index (χ4n) is 1.96. The Morgan fingerprint density at radius 2 is 1.83 bits per heavy atom. The van der Waals surface area contributed by atoms with Crippen LogP contribution < -0.4 is 10.6 Å². The summed E-state index contributed by atoms with van der Waals surface area (Å²) in [6.45, 7) is 5.52. The van der Waals surface area contributed by atoms with E-state index in [2.05, 4.69) is 10.6 Å². The highest BCUT2D eigenvalue weighted by atomic mass is 35.5. The van der Waals surface area contributed by atoms with Crippen LogP contribution in [0.3, 0.4) is 0 Å². The molecule has 1 aromatic carbocycles. The second kappa shape index (κ2) is 8.07. The third-order valence-corrected chi connectivity index (χ3v) is 3.01. The van der Waals surface area contributed by atoms with Gasteiger partial charge in [0.1, 0.15) is 5.69 Å². The number of rotatable bonds is 6. The second-order valence-corrected chi connectivity index (χ2v) is 6.87. The quantitative estimate of drug-likeness (QED) is 0.599. The lowest BCUT2D eigenvalue weighted by Gasteiger charge is -2.23. The molecule has 8 nitrogen and oxygen atoms in total. The van der Waals surface area contributed by atoms with Crippen LogP contribution in [0, 0.1) is 10.1 Å². The Labute approximate surface area is 145 Å². The van der Waals surface area contributed by atoms with Crippen LogP contribution in [-0.4, -0.2) is 47.3 Å². The number of likely N-dealkylation sites (N-methyl/N-ethyl adjacent to an activating group) is 1. The molecule has 0 aliphatic rings. The molecule has 0 saturated heterocycles. The van der Waals surface area contributed by atoms with E-state index in [1.165, 1.54) is 17.0 Å². The van der Waals surface area contributed by atoms with Gasteiger partial charge in [0.25, 0.3) is 5.69 Å². The number of carbonyl (C=O) groups is 2. The van der Waals surface area contributed by atoms with E-state index in [1.807, 2.05) is 20.8 Å². The predicted molar refractivity (Wildman–Crippen MR) is 92.1 cm³/mol. The molecule has 9 heteroatoms. The first kappa shape index (κ1) is 19.9. The monoisotopic (exact) mass is 356 g/mol. The van der Waals surface area contributed by atoms with Gasteiger partial charge in [0.05, 0.1) is 18.0 Å². The van der Waals surface area contributed by atoms with Crippen molar-refractivity contribution in [3.63, 3.8) is 0 Å². The minimum atomic E-state index is -0.623. The van der Waals surface area contributed by atoms with Crippen molar-refractivity contribution >= 4 is 34.8 Å². The lowest BCUT2D eigenvalue weighted by molar-refractivity contribution is -0.383. The minimum Gasteiger partial charge on any atom is -0.350 e. The summed E-state index contributed by atoms with van der Waals surface area (Å²) in [5.41, 5.74) is -0.588. The van der Waals surface area contributed by atoms with Gasteiger partial charge in [-0.05, 0) is 40.0 Å². The van der Waals surface area contributed by atoms with Gasteiger partial charge in [-0.15, -0.1) is 0 Å². The van der Waals surface area contributed by atoms with E-state index in [0.29, 0.717) is 0 Å². The molecule has 0 atom stereocenters. The summed E-state index contributed by atoms with van der Waals surface area (Å²) in [6.07, 6.45) is 0. The molecule has 24 heavy (non-hydrogen) atoms. The molecule has 2 N–H and O–H groups in total. The van der Waals surface area contributed by atoms with Gasteiger partial charge in [0, 0.05) is 16.6 Å². The summed E-state index contributed by atoms with van der Waals surface area (Å²) in [5, 5.41) is 16.4. The Hall–Kier alpha value is -2.19. The van der Waals surface area contributed by atoms with Crippen LogP contribution in [0.4, 0.5) is 11.4 Å². The Morgan fingerprint density at radius 1 is 1.25 bits per heavy atom. The van der Waals surface area contributed by atoms with Gasteiger partial charge >= 0.3 is 0 Å². The van der Waals surface area contributed by atoms with Crippen LogP contribution >= 0.6 is 11.6 Å². The third-order valence-electron chi connectivity index (χ3n) is 2.77. The van der Waals surface area contributed by atoms with Crippen molar-refractivity contribution in [3.05, 3.63) is 33.3 Å². The predicted octanol–water partition coefficient (Wildman–Crippen LogP) is 2.03. The van der Waals surface area contributed by atoms with E-state index in [9.17, 15) is 19.7 Å². The minimum absolute atomic E-state index is 0.0351. The molecule has 0 aromatic heterocycles. The molecule has 132 valence electrons. The summed E-state index contributed by atoms with van der Waals surface area (Å²) in [5.74, 6) is -0.679. The molecule has 0 heterocycles. The molecule has 0 fully saturated rings. The van der Waals surface area contributed by atoms with Crippen LogP contribution in [-0.2, 0) is 9.59 Å². The average molecular weight is 357 g/mol. The second-order valence-electron chi connectivity index (χ2n) is 6.44. The lowest BCUT2D eigenvalue weighted by atomic mass is 10.1. The number of nitro benzene ring substituents is 1. The molecule has 0 bridgehead atoms. The van der Waals surface area contributed by atoms with Crippen LogP contribution in [0.15, 0.2) is 18.2 Å². The standard InChI is InChI=1S/C15H21ClN4O4/c1-15(2,3)18-14(22)9-19(4)8-13(21)17-11-6-5-10(16)7-12(11)20(23)24/h5-7H,8-9H2,1-4H3,(H,17,21)(H,18,22). The molecule has 1 aromatic rings. The van der Waals surface area contributed by atoms with Crippen molar-refractivity contribution in [2.45, 2.75) is 26.3 Å². The normalized spacial score (nSPS) is 11.2. The number of benzene rings is 1. The fraction of sp³-hybridized carbons (Fsp3) is 0.467. The maximum absolute atomic E-state index is 12.0. The first-order valence-electron chi connectivity index (χ1n) is 7.21. The lowest BCUT2D eigenvalue weighted by Crippen LogP contribution is -2.46. The Morgan fingerprint density at radius 3 is 2.38 bits per heavy atom. The number of hydrogen-bond acceptors (Lipinski definition) is 5. The zero-order chi connectivity index (χ0) is 18.5. The molecule has 0 saturated carbocycles. The molecule has 2 amide bonds. The van der Waals surface area contributed by atoms with Gasteiger partial charge in [-0.3, -0.25) is 24.6 Å². The highest BCUT2D eigenvalue weighted by molar-refractivity contribution is 6.31. The molecule has 0 spiro atoms. The Bertz CT molecular complexity index is 643. The molecular weight excluding hydrogens is 336 g/mol. The maximum Gasteiger partial charge on any atom is 0.294 e. The maximum atomic E-state index is 12.0. The van der Waals surface area contributed by atoms with E-state index in [4.69, 9.17) is 11.6 Å². The summed E-state index contributed by atoms with van der Waals surface area (Å²) >= 11 is 5.72. The average Bonchev–Trinajstić information content (AvgIpc) is 2.37. The fourth-order valence-corrected chi connectivity index (χ4v) is 2.12. The number of halogens is 1. The summed E-state index contributed by atoms with van der Waals surface area (Å²) in [6, 6.07) is 3.98. The molecule has 0 aliphatic heterocycles. The third kappa shape index (κ3) is 6.93. The zero-order valence-corrected chi connectivity index (χ0v) is 14.8. The zero-order valence-electron chi connectivity index (χ0n) is 14.1. The molecule has 0 unspecified atom stereocenters. The van der Waals surface area contributed by atoms with Crippen LogP contribution in [0.2, 0.25) is 5.02 Å². The van der Waals surface area contributed by atoms with Crippen molar-refractivity contribution in [3.8, 4) is 0 Å². The van der Waals surface area contributed by atoms with Crippen molar-refractivity contribution in [2.24, 2.45) is 0 Å². The van der Waals surface area contributed by atoms with Crippen molar-refractivity contribution in [1.29, 1.82) is 0 Å². The molecule has 0 aliphatic carbocycles. The van der Waals surface area contributed by atoms with Gasteiger partial charge in [-0.25, -0.2) is 0 Å². The van der Waals surface area contributed by atoms with Crippen LogP contribution in [0.25, 0.3) is 0 Å². The molecule has 0 radical (unpaired) electrons. The highest BCUT2D eigenvalue weighted by Gasteiger charge is 2.19. The first-order valence-corrected chi connectivity index (χ1v) is 7.59. The molecular formula is C15H21ClN4O4. The number of amides is 2. The summed E-state index contributed by atoms with van der Waals surface area (Å²) in [4.78, 5) is 35.7. The number of anilines is 1. The number of nitrogens with zero attached hydrogens (tertiary/aromatic N) is 2. The van der Waals surface area contributed by atoms with Crippen molar-refractivity contribution in [2.75, 3.05) is 25.5 Å². The van der Waals surface area contributed by atoms with Gasteiger partial charge in [0.2, 0.25) is 11.8 Å². The van der Waals surface area contributed by atoms with Gasteiger partial charge < -0.3 is 10.6 Å². The first-order chi connectivity index (χ1) is 11.0. The van der Waals surface area contributed by atoms with Crippen molar-refractivity contribution < 1.29 is 14.5 Å². The van der Waals surface area contributed by atoms with E-state index in [0.717, 1.165) is 6.07 Å². The van der Waals surface area contributed by atoms with Gasteiger partial charge in [-0.2, -0.15) is 0 Å². The SMILES string of the molecule is CN(CC(=O)Nc1ccc(Cl)cc1[N+](=O)[O-])CC(=O)NC(C)(C)C. The van der Waals surface area contributed by atoms with Crippen LogP contribution in [0.1, 0.15) is 20.8 Å². The van der Waals surface area contributed by atoms with E-state index in [1.54, 1.807) is 7.05 Å². The van der Waals surface area contributed by atoms with E-state index < -0.39 is 10.8 Å². The highest BCUT2D eigenvalue weighted by Crippen LogP contribution is 2.27. The van der Waals surface area contributed by atoms with Gasteiger partial charge in [-0.1, -0.05) is 11.6 Å². The Kier molecular flexibility index (Phi) is 6.68. The number of nitro groups is 1. The van der Waals surface area contributed by atoms with Crippen molar-refractivity contribution in [1.82, 2.24) is 10.2 Å². The molecule has 1 rings (SSSR count).